The van der Waals surface area contributed by atoms with Crippen LogP contribution in [0.2, 0.25) is 0 Å². The molecular weight excluding hydrogens is 344 g/mol. The molecule has 0 spiro atoms. The molecule has 1 aliphatic rings. The zero-order chi connectivity index (χ0) is 18.8. The Labute approximate surface area is 156 Å². The smallest absolute Gasteiger partial charge is 0.335 e. The van der Waals surface area contributed by atoms with Crippen LogP contribution in [0.5, 0.6) is 0 Å². The molecule has 0 aliphatic carbocycles. The van der Waals surface area contributed by atoms with Crippen molar-refractivity contribution in [2.24, 2.45) is 0 Å². The van der Waals surface area contributed by atoms with Gasteiger partial charge in [-0.15, -0.1) is 0 Å². The van der Waals surface area contributed by atoms with E-state index in [-0.39, 0.29) is 11.6 Å². The van der Waals surface area contributed by atoms with Gasteiger partial charge in [0.15, 0.2) is 0 Å². The molecule has 1 aromatic carbocycles. The Kier molecular flexibility index (Phi) is 4.53. The second-order valence-corrected chi connectivity index (χ2v) is 6.58. The number of nitrogens with zero attached hydrogens (tertiary/aromatic N) is 6. The van der Waals surface area contributed by atoms with E-state index in [4.69, 9.17) is 0 Å². The van der Waals surface area contributed by atoms with Crippen LogP contribution < -0.4 is 5.69 Å². The summed E-state index contributed by atoms with van der Waals surface area (Å²) in [5.41, 5.74) is 1.98. The first-order valence-corrected chi connectivity index (χ1v) is 8.90. The number of hydrogen-bond acceptors (Lipinski definition) is 5. The fraction of sp³-hybridized carbons (Fsp3) is 0.316. The van der Waals surface area contributed by atoms with E-state index >= 15 is 0 Å². The number of hydrogen-bond donors (Lipinski definition) is 0. The number of carbonyl (C=O) groups excluding carboxylic acids is 1. The molecule has 0 unspecified atom stereocenters. The molecular formula is C19H20N6O2. The Morgan fingerprint density at radius 3 is 2.63 bits per heavy atom. The Hall–Kier alpha value is -3.29. The van der Waals surface area contributed by atoms with Gasteiger partial charge < -0.3 is 4.90 Å². The molecule has 1 aliphatic heterocycles. The fourth-order valence-electron chi connectivity index (χ4n) is 3.19. The zero-order valence-corrected chi connectivity index (χ0v) is 15.1. The molecule has 0 saturated carbocycles. The van der Waals surface area contributed by atoms with Crippen molar-refractivity contribution in [3.05, 3.63) is 76.0 Å². The summed E-state index contributed by atoms with van der Waals surface area (Å²) >= 11 is 0. The van der Waals surface area contributed by atoms with Gasteiger partial charge in [-0.1, -0.05) is 30.3 Å². The average molecular weight is 364 g/mol. The Balaban J connectivity index is 1.50. The summed E-state index contributed by atoms with van der Waals surface area (Å²) in [6.45, 7) is 3.64. The number of carbonyl (C=O) groups is 1. The lowest BCUT2D eigenvalue weighted by atomic mass is 10.2. The predicted molar refractivity (Wildman–Crippen MR) is 98.4 cm³/mol. The largest absolute Gasteiger partial charge is 0.346 e. The summed E-state index contributed by atoms with van der Waals surface area (Å²) < 4.78 is 3.16. The third kappa shape index (κ3) is 3.51. The quantitative estimate of drug-likeness (QED) is 0.689. The number of benzene rings is 1. The van der Waals surface area contributed by atoms with Gasteiger partial charge in [0, 0.05) is 32.3 Å². The highest BCUT2D eigenvalue weighted by atomic mass is 16.2. The van der Waals surface area contributed by atoms with Crippen molar-refractivity contribution in [1.82, 2.24) is 29.2 Å². The minimum absolute atomic E-state index is 0.140. The van der Waals surface area contributed by atoms with E-state index in [0.29, 0.717) is 44.1 Å². The van der Waals surface area contributed by atoms with Gasteiger partial charge in [0.2, 0.25) is 0 Å². The molecule has 0 N–H and O–H groups in total. The van der Waals surface area contributed by atoms with E-state index < -0.39 is 0 Å². The third-order valence-corrected chi connectivity index (χ3v) is 4.66. The second kappa shape index (κ2) is 7.14. The van der Waals surface area contributed by atoms with Crippen molar-refractivity contribution in [1.29, 1.82) is 0 Å². The summed E-state index contributed by atoms with van der Waals surface area (Å²) in [6.07, 6.45) is 3.61. The maximum absolute atomic E-state index is 12.7. The Morgan fingerprint density at radius 2 is 1.89 bits per heavy atom. The highest BCUT2D eigenvalue weighted by molar-refractivity contribution is 5.92. The van der Waals surface area contributed by atoms with E-state index in [1.54, 1.807) is 15.7 Å². The van der Waals surface area contributed by atoms with Crippen molar-refractivity contribution in [2.75, 3.05) is 13.1 Å². The van der Waals surface area contributed by atoms with Gasteiger partial charge in [0.1, 0.15) is 11.5 Å². The molecule has 27 heavy (non-hydrogen) atoms. The van der Waals surface area contributed by atoms with E-state index in [9.17, 15) is 9.59 Å². The zero-order valence-electron chi connectivity index (χ0n) is 15.1. The van der Waals surface area contributed by atoms with Crippen molar-refractivity contribution in [2.45, 2.75) is 26.4 Å². The van der Waals surface area contributed by atoms with Gasteiger partial charge in [-0.05, 0) is 12.5 Å². The SMILES string of the molecule is Cc1cnc(C(=O)N2CCc3nn(Cc4ccccc4)c(=O)n3CC2)cn1. The fourth-order valence-corrected chi connectivity index (χ4v) is 3.19. The molecule has 3 aromatic rings. The summed E-state index contributed by atoms with van der Waals surface area (Å²) in [6, 6.07) is 9.77. The molecule has 2 aromatic heterocycles. The van der Waals surface area contributed by atoms with Gasteiger partial charge in [-0.2, -0.15) is 5.10 Å². The molecule has 8 heteroatoms. The topological polar surface area (TPSA) is 85.9 Å². The molecule has 3 heterocycles. The number of fused-ring (bicyclic) bond motifs is 1. The summed E-state index contributed by atoms with van der Waals surface area (Å²) in [4.78, 5) is 35.3. The van der Waals surface area contributed by atoms with E-state index in [1.807, 2.05) is 37.3 Å². The van der Waals surface area contributed by atoms with E-state index in [0.717, 1.165) is 11.3 Å². The van der Waals surface area contributed by atoms with Crippen LogP contribution in [0.15, 0.2) is 47.5 Å². The molecule has 1 amide bonds. The van der Waals surface area contributed by atoms with E-state index in [2.05, 4.69) is 15.1 Å². The Morgan fingerprint density at radius 1 is 1.07 bits per heavy atom. The van der Waals surface area contributed by atoms with Crippen LogP contribution >= 0.6 is 0 Å². The van der Waals surface area contributed by atoms with Gasteiger partial charge in [-0.3, -0.25) is 14.3 Å². The number of aryl methyl sites for hydroxylation is 1. The number of amides is 1. The highest BCUT2D eigenvalue weighted by Crippen LogP contribution is 2.09. The molecule has 0 radical (unpaired) electrons. The van der Waals surface area contributed by atoms with Crippen LogP contribution in [0.25, 0.3) is 0 Å². The average Bonchev–Trinajstić information content (AvgIpc) is 2.85. The maximum Gasteiger partial charge on any atom is 0.346 e. The van der Waals surface area contributed by atoms with Crippen molar-refractivity contribution in [3.8, 4) is 0 Å². The van der Waals surface area contributed by atoms with Crippen molar-refractivity contribution in [3.63, 3.8) is 0 Å². The summed E-state index contributed by atoms with van der Waals surface area (Å²) in [5, 5.41) is 4.48. The second-order valence-electron chi connectivity index (χ2n) is 6.58. The van der Waals surface area contributed by atoms with Crippen LogP contribution in [0.1, 0.15) is 27.6 Å². The molecule has 0 atom stereocenters. The lowest BCUT2D eigenvalue weighted by Gasteiger charge is -2.19. The first-order chi connectivity index (χ1) is 13.1. The number of rotatable bonds is 3. The molecule has 4 rings (SSSR count). The minimum atomic E-state index is -0.169. The van der Waals surface area contributed by atoms with Crippen LogP contribution in [0.4, 0.5) is 0 Å². The standard InChI is InChI=1S/C19H20N6O2/c1-14-11-21-16(12-20-14)18(26)23-8-7-17-22-25(19(27)24(17)10-9-23)13-15-5-3-2-4-6-15/h2-6,11-12H,7-10,13H2,1H3. The van der Waals surface area contributed by atoms with Crippen LogP contribution in [0.3, 0.4) is 0 Å². The Bertz CT molecular complexity index is 1010. The molecule has 0 bridgehead atoms. The first-order valence-electron chi connectivity index (χ1n) is 8.90. The normalized spacial score (nSPS) is 13.9. The summed E-state index contributed by atoms with van der Waals surface area (Å²) in [7, 11) is 0. The van der Waals surface area contributed by atoms with Gasteiger partial charge >= 0.3 is 5.69 Å². The summed E-state index contributed by atoms with van der Waals surface area (Å²) in [5.74, 6) is 0.541. The minimum Gasteiger partial charge on any atom is -0.335 e. The first kappa shape index (κ1) is 17.1. The van der Waals surface area contributed by atoms with Crippen molar-refractivity contribution >= 4 is 5.91 Å². The lowest BCUT2D eigenvalue weighted by Crippen LogP contribution is -2.35. The van der Waals surface area contributed by atoms with Crippen LogP contribution in [-0.4, -0.2) is 48.2 Å². The molecule has 0 saturated heterocycles. The maximum atomic E-state index is 12.7. The third-order valence-electron chi connectivity index (χ3n) is 4.66. The van der Waals surface area contributed by atoms with Crippen LogP contribution in [-0.2, 0) is 19.5 Å². The van der Waals surface area contributed by atoms with Gasteiger partial charge in [-0.25, -0.2) is 14.5 Å². The number of aromatic nitrogens is 5. The van der Waals surface area contributed by atoms with Gasteiger partial charge in [0.25, 0.3) is 5.91 Å². The van der Waals surface area contributed by atoms with Gasteiger partial charge in [0.05, 0.1) is 18.4 Å². The lowest BCUT2D eigenvalue weighted by molar-refractivity contribution is 0.0752. The monoisotopic (exact) mass is 364 g/mol. The highest BCUT2D eigenvalue weighted by Gasteiger charge is 2.24. The predicted octanol–water partition coefficient (Wildman–Crippen LogP) is 0.890. The van der Waals surface area contributed by atoms with Crippen LogP contribution in [0, 0.1) is 6.92 Å². The van der Waals surface area contributed by atoms with E-state index in [1.165, 1.54) is 10.9 Å². The molecule has 138 valence electrons. The molecule has 0 fully saturated rings. The van der Waals surface area contributed by atoms with Crippen molar-refractivity contribution < 1.29 is 4.79 Å². The molecule has 8 nitrogen and oxygen atoms in total.